The molecule has 5 aromatic carbocycles. The molecule has 3 nitrogen and oxygen atoms in total. The monoisotopic (exact) mass is 485 g/mol. The first-order chi connectivity index (χ1) is 18.9. The Morgan fingerprint density at radius 1 is 0.500 bits per heavy atom. The summed E-state index contributed by atoms with van der Waals surface area (Å²) in [5, 5.41) is 3.54. The lowest BCUT2D eigenvalue weighted by atomic mass is 9.98. The molecule has 0 unspecified atom stereocenters. The van der Waals surface area contributed by atoms with E-state index in [4.69, 9.17) is 4.98 Å². The van der Waals surface area contributed by atoms with Gasteiger partial charge < -0.3 is 4.57 Å². The predicted molar refractivity (Wildman–Crippen MR) is 158 cm³/mol. The molecule has 0 saturated heterocycles. The summed E-state index contributed by atoms with van der Waals surface area (Å²) < 4.78 is 2.42. The fourth-order valence-corrected chi connectivity index (χ4v) is 6.00. The largest absolute Gasteiger partial charge is 0.309 e. The SMILES string of the molecule is c1ccc(-n2c3c(c4ccccc42)-c2ccccc2N(c2nccc4ccccc24)c2ccccc2-3)cc1. The second-order valence-corrected chi connectivity index (χ2v) is 9.64. The van der Waals surface area contributed by atoms with Crippen molar-refractivity contribution in [3.63, 3.8) is 0 Å². The van der Waals surface area contributed by atoms with Gasteiger partial charge in [0.1, 0.15) is 5.82 Å². The Balaban J connectivity index is 1.57. The minimum atomic E-state index is 0.934. The van der Waals surface area contributed by atoms with Crippen molar-refractivity contribution in [2.45, 2.75) is 0 Å². The third-order valence-electron chi connectivity index (χ3n) is 7.57. The number of hydrogen-bond acceptors (Lipinski definition) is 2. The second-order valence-electron chi connectivity index (χ2n) is 9.64. The summed E-state index contributed by atoms with van der Waals surface area (Å²) >= 11 is 0. The van der Waals surface area contributed by atoms with E-state index < -0.39 is 0 Å². The number of benzene rings is 5. The van der Waals surface area contributed by atoms with Crippen molar-refractivity contribution in [1.29, 1.82) is 0 Å². The number of para-hydroxylation sites is 4. The Kier molecular flexibility index (Phi) is 4.52. The van der Waals surface area contributed by atoms with E-state index >= 15 is 0 Å². The number of rotatable bonds is 2. The highest BCUT2D eigenvalue weighted by Gasteiger charge is 2.31. The minimum Gasteiger partial charge on any atom is -0.309 e. The van der Waals surface area contributed by atoms with E-state index in [2.05, 4.69) is 143 Å². The number of hydrogen-bond donors (Lipinski definition) is 0. The van der Waals surface area contributed by atoms with Gasteiger partial charge >= 0.3 is 0 Å². The number of aromatic nitrogens is 2. The van der Waals surface area contributed by atoms with Crippen LogP contribution in [0.15, 0.2) is 140 Å². The van der Waals surface area contributed by atoms with Crippen LogP contribution in [0.2, 0.25) is 0 Å². The maximum Gasteiger partial charge on any atom is 0.145 e. The highest BCUT2D eigenvalue weighted by atomic mass is 15.2. The summed E-state index contributed by atoms with van der Waals surface area (Å²) in [6.07, 6.45) is 1.92. The quantitative estimate of drug-likeness (QED) is 0.243. The van der Waals surface area contributed by atoms with Crippen LogP contribution in [0.25, 0.3) is 49.7 Å². The second kappa shape index (κ2) is 8.19. The number of nitrogens with zero attached hydrogens (tertiary/aromatic N) is 3. The average molecular weight is 486 g/mol. The summed E-state index contributed by atoms with van der Waals surface area (Å²) in [6, 6.07) is 47.5. The molecule has 8 rings (SSSR count). The predicted octanol–water partition coefficient (Wildman–Crippen LogP) is 9.30. The van der Waals surface area contributed by atoms with E-state index in [0.29, 0.717) is 0 Å². The number of fused-ring (bicyclic) bond motifs is 8. The molecule has 0 N–H and O–H groups in total. The van der Waals surface area contributed by atoms with E-state index in [9.17, 15) is 0 Å². The first kappa shape index (κ1) is 21.0. The van der Waals surface area contributed by atoms with Crippen molar-refractivity contribution >= 4 is 38.9 Å². The number of anilines is 3. The fourth-order valence-electron chi connectivity index (χ4n) is 6.00. The molecule has 7 aromatic rings. The normalized spacial score (nSPS) is 12.2. The van der Waals surface area contributed by atoms with E-state index in [0.717, 1.165) is 28.3 Å². The van der Waals surface area contributed by atoms with Crippen molar-refractivity contribution in [1.82, 2.24) is 9.55 Å². The maximum atomic E-state index is 4.98. The van der Waals surface area contributed by atoms with E-state index in [1.807, 2.05) is 6.20 Å². The van der Waals surface area contributed by atoms with Gasteiger partial charge in [0.15, 0.2) is 0 Å². The fraction of sp³-hybridized carbons (Fsp3) is 0. The van der Waals surface area contributed by atoms with Gasteiger partial charge in [0.25, 0.3) is 0 Å². The Morgan fingerprint density at radius 3 is 1.97 bits per heavy atom. The molecule has 3 heterocycles. The lowest BCUT2D eigenvalue weighted by Crippen LogP contribution is -2.13. The van der Waals surface area contributed by atoms with Crippen molar-refractivity contribution in [2.75, 3.05) is 4.90 Å². The van der Waals surface area contributed by atoms with Gasteiger partial charge in [0.05, 0.1) is 22.6 Å². The van der Waals surface area contributed by atoms with Crippen molar-refractivity contribution in [3.05, 3.63) is 140 Å². The molecule has 178 valence electrons. The summed E-state index contributed by atoms with van der Waals surface area (Å²) in [7, 11) is 0. The maximum absolute atomic E-state index is 4.98. The third kappa shape index (κ3) is 2.93. The molecular weight excluding hydrogens is 462 g/mol. The van der Waals surface area contributed by atoms with Gasteiger partial charge in [-0.3, -0.25) is 4.90 Å². The van der Waals surface area contributed by atoms with Crippen LogP contribution in [0.4, 0.5) is 17.2 Å². The molecule has 2 aromatic heterocycles. The van der Waals surface area contributed by atoms with Crippen LogP contribution < -0.4 is 4.90 Å². The highest BCUT2D eigenvalue weighted by Crippen LogP contribution is 2.54. The van der Waals surface area contributed by atoms with Crippen LogP contribution >= 0.6 is 0 Å². The van der Waals surface area contributed by atoms with Crippen LogP contribution in [0.3, 0.4) is 0 Å². The van der Waals surface area contributed by atoms with Crippen molar-refractivity contribution in [2.24, 2.45) is 0 Å². The number of pyridine rings is 1. The average Bonchev–Trinajstić information content (AvgIpc) is 3.27. The van der Waals surface area contributed by atoms with Crippen LogP contribution in [0.1, 0.15) is 0 Å². The molecule has 0 amide bonds. The molecule has 38 heavy (non-hydrogen) atoms. The first-order valence-electron chi connectivity index (χ1n) is 12.9. The molecule has 0 bridgehead atoms. The van der Waals surface area contributed by atoms with Gasteiger partial charge in [-0.2, -0.15) is 0 Å². The Morgan fingerprint density at radius 2 is 1.13 bits per heavy atom. The van der Waals surface area contributed by atoms with Gasteiger partial charge in [-0.15, -0.1) is 0 Å². The molecular formula is C35H23N3. The van der Waals surface area contributed by atoms with Gasteiger partial charge in [0.2, 0.25) is 0 Å². The van der Waals surface area contributed by atoms with Gasteiger partial charge in [-0.05, 0) is 41.8 Å². The first-order valence-corrected chi connectivity index (χ1v) is 12.9. The lowest BCUT2D eigenvalue weighted by Gasteiger charge is -2.27. The highest BCUT2D eigenvalue weighted by molar-refractivity contribution is 6.13. The van der Waals surface area contributed by atoms with Crippen molar-refractivity contribution < 1.29 is 0 Å². The molecule has 0 aliphatic carbocycles. The molecule has 3 heteroatoms. The van der Waals surface area contributed by atoms with Gasteiger partial charge in [-0.25, -0.2) is 4.98 Å². The molecule has 0 saturated carbocycles. The van der Waals surface area contributed by atoms with E-state index in [1.54, 1.807) is 0 Å². The third-order valence-corrected chi connectivity index (χ3v) is 7.57. The molecule has 1 aliphatic heterocycles. The van der Waals surface area contributed by atoms with E-state index in [-0.39, 0.29) is 0 Å². The van der Waals surface area contributed by atoms with Crippen LogP contribution in [0, 0.1) is 0 Å². The lowest BCUT2D eigenvalue weighted by molar-refractivity contribution is 1.13. The Bertz CT molecular complexity index is 1980. The van der Waals surface area contributed by atoms with Crippen molar-refractivity contribution in [3.8, 4) is 28.1 Å². The zero-order valence-electron chi connectivity index (χ0n) is 20.6. The Hall–Kier alpha value is -5.15. The summed E-state index contributed by atoms with van der Waals surface area (Å²) in [5.74, 6) is 0.934. The molecule has 0 radical (unpaired) electrons. The summed E-state index contributed by atoms with van der Waals surface area (Å²) in [5.41, 5.74) is 9.39. The van der Waals surface area contributed by atoms with Gasteiger partial charge in [-0.1, -0.05) is 97.1 Å². The van der Waals surface area contributed by atoms with Gasteiger partial charge in [0, 0.05) is 39.3 Å². The molecule has 0 atom stereocenters. The zero-order valence-corrected chi connectivity index (χ0v) is 20.6. The van der Waals surface area contributed by atoms with Crippen LogP contribution in [0.5, 0.6) is 0 Å². The van der Waals surface area contributed by atoms with Crippen LogP contribution in [-0.4, -0.2) is 9.55 Å². The minimum absolute atomic E-state index is 0.934. The standard InChI is InChI=1S/C35H23N3/c1-2-13-25(14-3-1)37-30-19-9-6-16-27(30)33-28-17-7-10-20-31(28)38(32-21-11-8-18-29(32)34(33)37)35-26-15-5-4-12-24(26)22-23-36-35/h1-23H. The Labute approximate surface area is 220 Å². The summed E-state index contributed by atoms with van der Waals surface area (Å²) in [4.78, 5) is 7.32. The van der Waals surface area contributed by atoms with E-state index in [1.165, 1.54) is 38.7 Å². The zero-order chi connectivity index (χ0) is 25.1. The summed E-state index contributed by atoms with van der Waals surface area (Å²) in [6.45, 7) is 0. The molecule has 0 fully saturated rings. The molecule has 0 spiro atoms. The smallest absolute Gasteiger partial charge is 0.145 e. The van der Waals surface area contributed by atoms with Crippen LogP contribution in [-0.2, 0) is 0 Å². The topological polar surface area (TPSA) is 21.1 Å². The molecule has 1 aliphatic rings.